The number of aromatic nitrogens is 2. The molecule has 25 heavy (non-hydrogen) atoms. The van der Waals surface area contributed by atoms with Crippen LogP contribution < -0.4 is 5.43 Å². The first kappa shape index (κ1) is 17.0. The number of carbonyl (C=O) groups excluding carboxylic acids is 1. The van der Waals surface area contributed by atoms with Gasteiger partial charge in [0, 0.05) is 0 Å². The Labute approximate surface area is 150 Å². The summed E-state index contributed by atoms with van der Waals surface area (Å²) in [4.78, 5) is 19.5. The Bertz CT molecular complexity index is 882. The molecule has 0 fully saturated rings. The van der Waals surface area contributed by atoms with E-state index in [9.17, 15) is 4.79 Å². The summed E-state index contributed by atoms with van der Waals surface area (Å²) in [5.74, 6) is 0.0766. The summed E-state index contributed by atoms with van der Waals surface area (Å²) in [7, 11) is 0. The molecule has 0 saturated heterocycles. The highest BCUT2D eigenvalue weighted by Crippen LogP contribution is 2.18. The number of aromatic amines is 1. The van der Waals surface area contributed by atoms with E-state index in [1.165, 1.54) is 11.8 Å². The second-order valence-corrected chi connectivity index (χ2v) is 6.40. The number of H-pyrrole nitrogens is 1. The summed E-state index contributed by atoms with van der Waals surface area (Å²) in [6.07, 6.45) is 3.63. The van der Waals surface area contributed by atoms with Crippen LogP contribution in [0.4, 0.5) is 0 Å². The zero-order chi connectivity index (χ0) is 17.5. The summed E-state index contributed by atoms with van der Waals surface area (Å²) < 4.78 is 0. The van der Waals surface area contributed by atoms with Gasteiger partial charge in [-0.3, -0.25) is 4.79 Å². The average molecular weight is 350 g/mol. The standard InChI is InChI=1S/C19H18N4OS/c1-14(11-15-7-3-2-4-8-15)12-20-23-18(24)13-25-19-21-16-9-5-6-10-17(16)22-19/h2-12H,13H2,1H3,(H,21,22)(H,23,24)/b14-11+,20-12+. The maximum absolute atomic E-state index is 11.9. The van der Waals surface area contributed by atoms with Crippen molar-refractivity contribution in [2.75, 3.05) is 5.75 Å². The topological polar surface area (TPSA) is 70.1 Å². The molecule has 0 spiro atoms. The molecular weight excluding hydrogens is 332 g/mol. The molecule has 0 radical (unpaired) electrons. The molecule has 126 valence electrons. The van der Waals surface area contributed by atoms with Gasteiger partial charge in [-0.15, -0.1) is 0 Å². The quantitative estimate of drug-likeness (QED) is 0.403. The van der Waals surface area contributed by atoms with Crippen molar-refractivity contribution >= 4 is 41.0 Å². The number of imidazole rings is 1. The minimum Gasteiger partial charge on any atom is -0.333 e. The predicted molar refractivity (Wildman–Crippen MR) is 104 cm³/mol. The number of hydrazone groups is 1. The number of nitrogens with one attached hydrogen (secondary N) is 2. The van der Waals surface area contributed by atoms with Crippen LogP contribution in [0.25, 0.3) is 17.1 Å². The number of para-hydroxylation sites is 2. The van der Waals surface area contributed by atoms with Gasteiger partial charge in [0.05, 0.1) is 23.0 Å². The fourth-order valence-electron chi connectivity index (χ4n) is 2.22. The minimum atomic E-state index is -0.172. The summed E-state index contributed by atoms with van der Waals surface area (Å²) >= 11 is 1.35. The van der Waals surface area contributed by atoms with Gasteiger partial charge in [0.25, 0.3) is 5.91 Å². The Morgan fingerprint density at radius 1 is 1.20 bits per heavy atom. The number of rotatable bonds is 6. The van der Waals surface area contributed by atoms with Crippen LogP contribution in [0, 0.1) is 0 Å². The summed E-state index contributed by atoms with van der Waals surface area (Å²) in [6.45, 7) is 1.94. The van der Waals surface area contributed by atoms with Crippen molar-refractivity contribution in [1.82, 2.24) is 15.4 Å². The van der Waals surface area contributed by atoms with E-state index < -0.39 is 0 Å². The number of amides is 1. The van der Waals surface area contributed by atoms with E-state index in [0.29, 0.717) is 0 Å². The molecule has 0 atom stereocenters. The van der Waals surface area contributed by atoms with Crippen molar-refractivity contribution in [3.63, 3.8) is 0 Å². The molecule has 0 bridgehead atoms. The van der Waals surface area contributed by atoms with Crippen molar-refractivity contribution in [2.45, 2.75) is 12.1 Å². The first-order chi connectivity index (χ1) is 12.2. The summed E-state index contributed by atoms with van der Waals surface area (Å²) in [5.41, 5.74) is 6.44. The number of benzene rings is 2. The Hall–Kier alpha value is -2.86. The zero-order valence-corrected chi connectivity index (χ0v) is 14.6. The maximum Gasteiger partial charge on any atom is 0.250 e. The molecule has 5 nitrogen and oxygen atoms in total. The third-order valence-electron chi connectivity index (χ3n) is 3.36. The van der Waals surface area contributed by atoms with Crippen LogP contribution in [-0.2, 0) is 4.79 Å². The van der Waals surface area contributed by atoms with Crippen LogP contribution in [0.2, 0.25) is 0 Å². The largest absolute Gasteiger partial charge is 0.333 e. The van der Waals surface area contributed by atoms with Crippen LogP contribution >= 0.6 is 11.8 Å². The highest BCUT2D eigenvalue weighted by molar-refractivity contribution is 7.99. The lowest BCUT2D eigenvalue weighted by molar-refractivity contribution is -0.118. The van der Waals surface area contributed by atoms with Gasteiger partial charge in [0.15, 0.2) is 5.16 Å². The van der Waals surface area contributed by atoms with Gasteiger partial charge in [0.1, 0.15) is 0 Å². The lowest BCUT2D eigenvalue weighted by atomic mass is 10.1. The van der Waals surface area contributed by atoms with Crippen molar-refractivity contribution in [3.8, 4) is 0 Å². The highest BCUT2D eigenvalue weighted by atomic mass is 32.2. The molecule has 3 aromatic rings. The third kappa shape index (κ3) is 5.06. The third-order valence-corrected chi connectivity index (χ3v) is 4.23. The SMILES string of the molecule is CC(/C=N/NC(=O)CSc1nc2ccccc2[nH]1)=C\c1ccccc1. The number of hydrogen-bond donors (Lipinski definition) is 2. The fraction of sp³-hybridized carbons (Fsp3) is 0.105. The predicted octanol–water partition coefficient (Wildman–Crippen LogP) is 3.86. The van der Waals surface area contributed by atoms with E-state index in [1.807, 2.05) is 67.6 Å². The normalized spacial score (nSPS) is 12.0. The molecule has 0 unspecified atom stereocenters. The fourth-order valence-corrected chi connectivity index (χ4v) is 2.90. The van der Waals surface area contributed by atoms with Crippen LogP contribution in [0.1, 0.15) is 12.5 Å². The maximum atomic E-state index is 11.9. The number of allylic oxidation sites excluding steroid dienone is 1. The minimum absolute atomic E-state index is 0.172. The van der Waals surface area contributed by atoms with E-state index in [1.54, 1.807) is 6.21 Å². The van der Waals surface area contributed by atoms with Crippen molar-refractivity contribution in [2.24, 2.45) is 5.10 Å². The molecule has 6 heteroatoms. The van der Waals surface area contributed by atoms with E-state index >= 15 is 0 Å². The van der Waals surface area contributed by atoms with E-state index in [0.717, 1.165) is 27.3 Å². The molecule has 0 aliphatic carbocycles. The molecule has 1 amide bonds. The summed E-state index contributed by atoms with van der Waals surface area (Å²) in [6, 6.07) is 17.7. The number of hydrogen-bond acceptors (Lipinski definition) is 4. The van der Waals surface area contributed by atoms with Gasteiger partial charge in [-0.1, -0.05) is 60.3 Å². The second kappa shape index (κ2) is 8.30. The second-order valence-electron chi connectivity index (χ2n) is 5.44. The van der Waals surface area contributed by atoms with Crippen molar-refractivity contribution in [3.05, 3.63) is 65.7 Å². The van der Waals surface area contributed by atoms with Gasteiger partial charge in [0.2, 0.25) is 0 Å². The molecule has 2 aromatic carbocycles. The Morgan fingerprint density at radius 3 is 2.76 bits per heavy atom. The van der Waals surface area contributed by atoms with Crippen LogP contribution in [0.3, 0.4) is 0 Å². The first-order valence-corrected chi connectivity index (χ1v) is 8.82. The molecule has 3 rings (SSSR count). The number of carbonyl (C=O) groups is 1. The van der Waals surface area contributed by atoms with Crippen LogP contribution in [0.15, 0.2) is 70.4 Å². The molecule has 2 N–H and O–H groups in total. The average Bonchev–Trinajstić information content (AvgIpc) is 3.04. The first-order valence-electron chi connectivity index (χ1n) is 7.83. The monoisotopic (exact) mass is 350 g/mol. The van der Waals surface area contributed by atoms with Crippen molar-refractivity contribution in [1.29, 1.82) is 0 Å². The molecule has 1 aromatic heterocycles. The number of thioether (sulfide) groups is 1. The van der Waals surface area contributed by atoms with E-state index in [2.05, 4.69) is 20.5 Å². The van der Waals surface area contributed by atoms with Gasteiger partial charge in [-0.25, -0.2) is 10.4 Å². The summed E-state index contributed by atoms with van der Waals surface area (Å²) in [5, 5.41) is 4.71. The van der Waals surface area contributed by atoms with Gasteiger partial charge >= 0.3 is 0 Å². The zero-order valence-electron chi connectivity index (χ0n) is 13.8. The Balaban J connectivity index is 1.48. The number of nitrogens with zero attached hydrogens (tertiary/aromatic N) is 2. The van der Waals surface area contributed by atoms with Crippen molar-refractivity contribution < 1.29 is 4.79 Å². The van der Waals surface area contributed by atoms with E-state index in [-0.39, 0.29) is 11.7 Å². The molecular formula is C19H18N4OS. The smallest absolute Gasteiger partial charge is 0.250 e. The lowest BCUT2D eigenvalue weighted by Crippen LogP contribution is -2.19. The number of fused-ring (bicyclic) bond motifs is 1. The van der Waals surface area contributed by atoms with Gasteiger partial charge in [-0.2, -0.15) is 5.10 Å². The van der Waals surface area contributed by atoms with Gasteiger partial charge in [-0.05, 0) is 30.2 Å². The molecule has 1 heterocycles. The van der Waals surface area contributed by atoms with E-state index in [4.69, 9.17) is 0 Å². The Morgan fingerprint density at radius 2 is 1.96 bits per heavy atom. The van der Waals surface area contributed by atoms with Crippen LogP contribution in [0.5, 0.6) is 0 Å². The van der Waals surface area contributed by atoms with Crippen LogP contribution in [-0.4, -0.2) is 27.8 Å². The Kier molecular flexibility index (Phi) is 5.64. The molecule has 0 aliphatic rings. The lowest BCUT2D eigenvalue weighted by Gasteiger charge is -1.98. The highest BCUT2D eigenvalue weighted by Gasteiger charge is 2.06. The van der Waals surface area contributed by atoms with Gasteiger partial charge < -0.3 is 4.98 Å². The molecule has 0 saturated carbocycles. The molecule has 0 aliphatic heterocycles.